The zero-order valence-electron chi connectivity index (χ0n) is 19.5. The SMILES string of the molecule is CCCCCCC(=O)O.C[C@]12CC[C@@H](O)C[C@@H]1CC[C@@H]1[C@@H]2CC[C@]2(C)C(=O)CC[C@@H]12. The number of unbranched alkanes of at least 4 members (excludes halogenated alkanes) is 3. The van der Waals surface area contributed by atoms with E-state index in [0.717, 1.165) is 69.1 Å². The molecule has 7 atom stereocenters. The van der Waals surface area contributed by atoms with E-state index in [4.69, 9.17) is 5.11 Å². The van der Waals surface area contributed by atoms with Crippen molar-refractivity contribution in [2.24, 2.45) is 34.5 Å². The molecule has 4 fully saturated rings. The summed E-state index contributed by atoms with van der Waals surface area (Å²) in [5, 5.41) is 18.3. The minimum atomic E-state index is -0.675. The number of ketones is 1. The molecule has 4 aliphatic carbocycles. The van der Waals surface area contributed by atoms with E-state index in [1.54, 1.807) is 0 Å². The maximum absolute atomic E-state index is 12.4. The molecule has 0 aromatic carbocycles. The number of aliphatic carboxylic acids is 1. The van der Waals surface area contributed by atoms with Crippen LogP contribution in [0.3, 0.4) is 0 Å². The molecule has 0 aliphatic heterocycles. The number of Topliss-reactive ketones (excluding diaryl/α,β-unsaturated/α-hetero) is 1. The molecule has 0 aromatic heterocycles. The van der Waals surface area contributed by atoms with Crippen molar-refractivity contribution >= 4 is 11.8 Å². The van der Waals surface area contributed by atoms with Crippen LogP contribution in [0.2, 0.25) is 0 Å². The van der Waals surface area contributed by atoms with Crippen LogP contribution in [-0.4, -0.2) is 28.1 Å². The topological polar surface area (TPSA) is 74.6 Å². The molecule has 0 spiro atoms. The fourth-order valence-corrected chi connectivity index (χ4v) is 7.71. The van der Waals surface area contributed by atoms with Crippen LogP contribution in [0.25, 0.3) is 0 Å². The summed E-state index contributed by atoms with van der Waals surface area (Å²) in [7, 11) is 0. The summed E-state index contributed by atoms with van der Waals surface area (Å²) in [6, 6.07) is 0. The van der Waals surface area contributed by atoms with Gasteiger partial charge in [0.1, 0.15) is 5.78 Å². The van der Waals surface area contributed by atoms with E-state index in [1.165, 1.54) is 32.1 Å². The minimum absolute atomic E-state index is 0.0124. The lowest BCUT2D eigenvalue weighted by atomic mass is 9.45. The van der Waals surface area contributed by atoms with Crippen LogP contribution in [0.5, 0.6) is 0 Å². The molecule has 0 saturated heterocycles. The fourth-order valence-electron chi connectivity index (χ4n) is 7.71. The molecule has 4 heteroatoms. The van der Waals surface area contributed by atoms with Gasteiger partial charge in [-0.05, 0) is 86.9 Å². The van der Waals surface area contributed by atoms with Gasteiger partial charge in [0.05, 0.1) is 6.10 Å². The highest BCUT2D eigenvalue weighted by atomic mass is 16.4. The van der Waals surface area contributed by atoms with Gasteiger partial charge in [-0.2, -0.15) is 0 Å². The number of rotatable bonds is 5. The van der Waals surface area contributed by atoms with Crippen LogP contribution in [-0.2, 0) is 9.59 Å². The molecular formula is C26H44O4. The molecule has 0 bridgehead atoms. The Morgan fingerprint density at radius 2 is 1.77 bits per heavy atom. The van der Waals surface area contributed by atoms with E-state index in [-0.39, 0.29) is 11.5 Å². The summed E-state index contributed by atoms with van der Waals surface area (Å²) >= 11 is 0. The number of carboxylic acid groups (broad SMARTS) is 1. The van der Waals surface area contributed by atoms with Crippen LogP contribution in [0.1, 0.15) is 111 Å². The number of aliphatic hydroxyl groups is 1. The second-order valence-electron chi connectivity index (χ2n) is 11.2. The van der Waals surface area contributed by atoms with Crippen LogP contribution in [0.15, 0.2) is 0 Å². The largest absolute Gasteiger partial charge is 0.481 e. The van der Waals surface area contributed by atoms with Gasteiger partial charge in [-0.25, -0.2) is 0 Å². The summed E-state index contributed by atoms with van der Waals surface area (Å²) in [6.07, 6.45) is 14.7. The van der Waals surface area contributed by atoms with Gasteiger partial charge in [-0.15, -0.1) is 0 Å². The lowest BCUT2D eigenvalue weighted by Gasteiger charge is -2.60. The second kappa shape index (κ2) is 9.71. The van der Waals surface area contributed by atoms with E-state index in [1.807, 2.05) is 0 Å². The first kappa shape index (κ1) is 23.8. The van der Waals surface area contributed by atoms with Crippen molar-refractivity contribution in [3.05, 3.63) is 0 Å². The Balaban J connectivity index is 0.000000244. The van der Waals surface area contributed by atoms with Gasteiger partial charge in [0.15, 0.2) is 0 Å². The normalized spacial score (nSPS) is 42.4. The predicted molar refractivity (Wildman–Crippen MR) is 119 cm³/mol. The highest BCUT2D eigenvalue weighted by Gasteiger charge is 2.60. The highest BCUT2D eigenvalue weighted by molar-refractivity contribution is 5.87. The van der Waals surface area contributed by atoms with Crippen molar-refractivity contribution in [2.75, 3.05) is 0 Å². The Kier molecular flexibility index (Phi) is 7.69. The van der Waals surface area contributed by atoms with Crippen LogP contribution in [0.4, 0.5) is 0 Å². The molecule has 30 heavy (non-hydrogen) atoms. The molecule has 4 aliphatic rings. The number of fused-ring (bicyclic) bond motifs is 5. The average Bonchev–Trinajstić information content (AvgIpc) is 3.01. The zero-order chi connectivity index (χ0) is 21.9. The lowest BCUT2D eigenvalue weighted by Crippen LogP contribution is -2.54. The van der Waals surface area contributed by atoms with Gasteiger partial charge in [-0.3, -0.25) is 9.59 Å². The Morgan fingerprint density at radius 3 is 2.47 bits per heavy atom. The van der Waals surface area contributed by atoms with Crippen molar-refractivity contribution in [1.82, 2.24) is 0 Å². The summed E-state index contributed by atoms with van der Waals surface area (Å²) in [4.78, 5) is 22.3. The van der Waals surface area contributed by atoms with E-state index in [0.29, 0.717) is 23.5 Å². The van der Waals surface area contributed by atoms with Crippen molar-refractivity contribution in [3.8, 4) is 0 Å². The first-order chi connectivity index (χ1) is 14.2. The maximum Gasteiger partial charge on any atom is 0.303 e. The minimum Gasteiger partial charge on any atom is -0.481 e. The Labute approximate surface area is 183 Å². The smallest absolute Gasteiger partial charge is 0.303 e. The molecule has 0 radical (unpaired) electrons. The van der Waals surface area contributed by atoms with E-state index in [9.17, 15) is 14.7 Å². The third-order valence-electron chi connectivity index (χ3n) is 9.59. The number of carbonyl (C=O) groups excluding carboxylic acids is 1. The summed E-state index contributed by atoms with van der Waals surface area (Å²) < 4.78 is 0. The zero-order valence-corrected chi connectivity index (χ0v) is 19.5. The van der Waals surface area contributed by atoms with Crippen molar-refractivity contribution in [3.63, 3.8) is 0 Å². The van der Waals surface area contributed by atoms with Crippen molar-refractivity contribution in [2.45, 2.75) is 117 Å². The third kappa shape index (κ3) is 4.64. The second-order valence-corrected chi connectivity index (χ2v) is 11.2. The van der Waals surface area contributed by atoms with Crippen LogP contribution < -0.4 is 0 Å². The number of aliphatic hydroxyl groups excluding tert-OH is 1. The van der Waals surface area contributed by atoms with Crippen LogP contribution >= 0.6 is 0 Å². The van der Waals surface area contributed by atoms with Crippen molar-refractivity contribution in [1.29, 1.82) is 0 Å². The fraction of sp³-hybridized carbons (Fsp3) is 0.923. The molecule has 172 valence electrons. The van der Waals surface area contributed by atoms with E-state index in [2.05, 4.69) is 20.8 Å². The molecule has 4 saturated carbocycles. The number of carboxylic acids is 1. The number of carbonyl (C=O) groups is 2. The number of hydrogen-bond acceptors (Lipinski definition) is 3. The highest BCUT2D eigenvalue weighted by Crippen LogP contribution is 2.65. The summed E-state index contributed by atoms with van der Waals surface area (Å²) in [5.74, 6) is 2.86. The molecule has 0 amide bonds. The lowest BCUT2D eigenvalue weighted by molar-refractivity contribution is -0.142. The molecular weight excluding hydrogens is 376 g/mol. The van der Waals surface area contributed by atoms with Gasteiger partial charge in [0.2, 0.25) is 0 Å². The van der Waals surface area contributed by atoms with Crippen LogP contribution in [0, 0.1) is 34.5 Å². The molecule has 0 heterocycles. The maximum atomic E-state index is 12.4. The molecule has 0 unspecified atom stereocenters. The summed E-state index contributed by atoms with van der Waals surface area (Å²) in [5.41, 5.74) is 0.452. The first-order valence-electron chi connectivity index (χ1n) is 12.7. The van der Waals surface area contributed by atoms with E-state index >= 15 is 0 Å². The molecule has 2 N–H and O–H groups in total. The monoisotopic (exact) mass is 420 g/mol. The van der Waals surface area contributed by atoms with Gasteiger partial charge < -0.3 is 10.2 Å². The van der Waals surface area contributed by atoms with Gasteiger partial charge in [0, 0.05) is 18.3 Å². The predicted octanol–water partition coefficient (Wildman–Crippen LogP) is 6.00. The standard InChI is InChI=1S/C19H30O2.C7H14O2/c1-18-9-7-13(20)11-12(18)3-4-14-15-5-6-17(21)19(15,2)10-8-16(14)18;1-2-3-4-5-6-7(8)9/h12-16,20H,3-11H2,1-2H3;2-6H2,1H3,(H,8,9)/t12-,13+,14-,15-,16-,18-,19-;/m0./s1. The number of hydrogen-bond donors (Lipinski definition) is 2. The van der Waals surface area contributed by atoms with Gasteiger partial charge in [0.25, 0.3) is 0 Å². The Hall–Kier alpha value is -0.900. The quantitative estimate of drug-likeness (QED) is 0.535. The molecule has 4 nitrogen and oxygen atoms in total. The third-order valence-corrected chi connectivity index (χ3v) is 9.59. The van der Waals surface area contributed by atoms with E-state index < -0.39 is 5.97 Å². The summed E-state index contributed by atoms with van der Waals surface area (Å²) in [6.45, 7) is 6.89. The van der Waals surface area contributed by atoms with Gasteiger partial charge in [-0.1, -0.05) is 40.0 Å². The Morgan fingerprint density at radius 1 is 1.00 bits per heavy atom. The van der Waals surface area contributed by atoms with Crippen molar-refractivity contribution < 1.29 is 19.8 Å². The first-order valence-corrected chi connectivity index (χ1v) is 12.7. The molecule has 0 aromatic rings. The molecule has 4 rings (SSSR count). The van der Waals surface area contributed by atoms with Gasteiger partial charge >= 0.3 is 5.97 Å². The Bertz CT molecular complexity index is 616. The average molecular weight is 421 g/mol.